The first kappa shape index (κ1) is 28.8. The highest BCUT2D eigenvalue weighted by molar-refractivity contribution is 5.78. The molecule has 0 aliphatic carbocycles. The Bertz CT molecular complexity index is 467. The van der Waals surface area contributed by atoms with Gasteiger partial charge < -0.3 is 10.2 Å². The van der Waals surface area contributed by atoms with Gasteiger partial charge in [0.05, 0.1) is 0 Å². The third-order valence-electron chi connectivity index (χ3n) is 5.55. The van der Waals surface area contributed by atoms with Crippen molar-refractivity contribution in [3.05, 3.63) is 0 Å². The summed E-state index contributed by atoms with van der Waals surface area (Å²) < 4.78 is 0. The van der Waals surface area contributed by atoms with Gasteiger partial charge in [-0.1, -0.05) is 0 Å². The Kier molecular flexibility index (Phi) is 13.4. The minimum Gasteiger partial charge on any atom is -0.481 e. The summed E-state index contributed by atoms with van der Waals surface area (Å²) in [6.07, 6.45) is 0.450. The maximum atomic E-state index is 12.3. The van der Waals surface area contributed by atoms with Crippen LogP contribution in [-0.4, -0.2) is 88.0 Å². The molecule has 0 atom stereocenters. The molecule has 30 heavy (non-hydrogen) atoms. The van der Waals surface area contributed by atoms with E-state index in [4.69, 9.17) is 5.11 Å². The van der Waals surface area contributed by atoms with Gasteiger partial charge in [-0.05, 0) is 68.2 Å². The number of aliphatic carboxylic acids is 2. The molecular weight excluding hydrogens is 384 g/mol. The highest BCUT2D eigenvalue weighted by Gasteiger charge is 2.37. The summed E-state index contributed by atoms with van der Waals surface area (Å²) >= 11 is 0. The second-order valence-electron chi connectivity index (χ2n) is 9.16. The molecule has 178 valence electrons. The first-order chi connectivity index (χ1) is 13.8. The normalized spacial score (nSPS) is 12.9. The van der Waals surface area contributed by atoms with E-state index in [0.717, 1.165) is 13.1 Å². The van der Waals surface area contributed by atoms with Gasteiger partial charge >= 0.3 is 11.9 Å². The van der Waals surface area contributed by atoms with Gasteiger partial charge in [-0.2, -0.15) is 0 Å². The number of hydrogen-bond donors (Lipinski definition) is 4. The lowest BCUT2D eigenvalue weighted by atomic mass is 10.0. The number of carboxylic acid groups (broad SMARTS) is 2. The van der Waals surface area contributed by atoms with Crippen molar-refractivity contribution in [2.45, 2.75) is 104 Å². The van der Waals surface area contributed by atoms with Crippen molar-refractivity contribution in [2.24, 2.45) is 0 Å². The predicted molar refractivity (Wildman–Crippen MR) is 122 cm³/mol. The van der Waals surface area contributed by atoms with Crippen LogP contribution < -0.4 is 10.6 Å². The van der Waals surface area contributed by atoms with Crippen LogP contribution in [-0.2, 0) is 9.59 Å². The molecule has 0 saturated heterocycles. The SMILES string of the molecule is CC(C)N(CCNC(CCCC(=O)O)(NCCN(C(C)C)C(C)C)C(=O)O)C(C)C. The van der Waals surface area contributed by atoms with Crippen LogP contribution in [0.2, 0.25) is 0 Å². The zero-order chi connectivity index (χ0) is 23.5. The average molecular weight is 431 g/mol. The quantitative estimate of drug-likeness (QED) is 0.261. The van der Waals surface area contributed by atoms with Crippen LogP contribution in [0.1, 0.15) is 74.7 Å². The topological polar surface area (TPSA) is 105 Å². The fourth-order valence-electron chi connectivity index (χ4n) is 4.02. The van der Waals surface area contributed by atoms with Gasteiger partial charge in [0.25, 0.3) is 0 Å². The molecule has 0 radical (unpaired) electrons. The summed E-state index contributed by atoms with van der Waals surface area (Å²) in [5.74, 6) is -1.90. The highest BCUT2D eigenvalue weighted by Crippen LogP contribution is 2.14. The molecule has 0 bridgehead atoms. The zero-order valence-corrected chi connectivity index (χ0v) is 20.4. The van der Waals surface area contributed by atoms with E-state index in [-0.39, 0.29) is 19.3 Å². The Morgan fingerprint density at radius 2 is 1.13 bits per heavy atom. The Balaban J connectivity index is 5.25. The molecule has 8 heteroatoms. The van der Waals surface area contributed by atoms with E-state index in [0.29, 0.717) is 37.3 Å². The van der Waals surface area contributed by atoms with E-state index in [9.17, 15) is 14.7 Å². The Morgan fingerprint density at radius 1 is 0.767 bits per heavy atom. The molecule has 0 rings (SSSR count). The molecule has 4 N–H and O–H groups in total. The van der Waals surface area contributed by atoms with Gasteiger partial charge in [-0.3, -0.25) is 25.2 Å². The van der Waals surface area contributed by atoms with E-state index in [1.807, 2.05) is 0 Å². The van der Waals surface area contributed by atoms with Gasteiger partial charge in [0.15, 0.2) is 5.66 Å². The minimum atomic E-state index is -1.34. The van der Waals surface area contributed by atoms with Crippen LogP contribution in [0.15, 0.2) is 0 Å². The number of carbonyl (C=O) groups is 2. The molecule has 0 aliphatic rings. The smallest absolute Gasteiger partial charge is 0.338 e. The molecular formula is C22H46N4O4. The van der Waals surface area contributed by atoms with Crippen molar-refractivity contribution in [2.75, 3.05) is 26.2 Å². The number of nitrogens with one attached hydrogen (secondary N) is 2. The van der Waals surface area contributed by atoms with E-state index in [2.05, 4.69) is 75.8 Å². The lowest BCUT2D eigenvalue weighted by Gasteiger charge is -2.36. The maximum absolute atomic E-state index is 12.3. The van der Waals surface area contributed by atoms with Crippen molar-refractivity contribution in [3.8, 4) is 0 Å². The minimum absolute atomic E-state index is 0.0490. The van der Waals surface area contributed by atoms with Crippen LogP contribution in [0.4, 0.5) is 0 Å². The standard InChI is InChI=1S/C22H46N4O4/c1-16(2)25(17(3)4)14-12-23-22(21(29)30,11-9-10-20(27)28)24-13-15-26(18(5)6)19(7)8/h16-19,23-24H,9-15H2,1-8H3,(H,27,28)(H,29,30). The molecule has 0 unspecified atom stereocenters. The number of nitrogens with zero attached hydrogens (tertiary/aromatic N) is 2. The second-order valence-corrected chi connectivity index (χ2v) is 9.16. The molecule has 0 aromatic carbocycles. The van der Waals surface area contributed by atoms with Crippen molar-refractivity contribution >= 4 is 11.9 Å². The molecule has 0 amide bonds. The van der Waals surface area contributed by atoms with Gasteiger partial charge in [-0.15, -0.1) is 0 Å². The number of rotatable bonds is 17. The summed E-state index contributed by atoms with van der Waals surface area (Å²) in [6.45, 7) is 19.5. The molecule has 0 heterocycles. The average Bonchev–Trinajstić information content (AvgIpc) is 2.59. The maximum Gasteiger partial charge on any atom is 0.338 e. The molecule has 0 aromatic rings. The van der Waals surface area contributed by atoms with Crippen molar-refractivity contribution in [1.29, 1.82) is 0 Å². The van der Waals surface area contributed by atoms with Crippen LogP contribution in [0, 0.1) is 0 Å². The van der Waals surface area contributed by atoms with Gasteiger partial charge in [0.2, 0.25) is 0 Å². The van der Waals surface area contributed by atoms with Gasteiger partial charge in [-0.25, -0.2) is 4.79 Å². The largest absolute Gasteiger partial charge is 0.481 e. The summed E-state index contributed by atoms with van der Waals surface area (Å²) in [5, 5.41) is 25.5. The van der Waals surface area contributed by atoms with Crippen molar-refractivity contribution in [3.63, 3.8) is 0 Å². The fraction of sp³-hybridized carbons (Fsp3) is 0.909. The van der Waals surface area contributed by atoms with E-state index >= 15 is 0 Å². The first-order valence-corrected chi connectivity index (χ1v) is 11.3. The van der Waals surface area contributed by atoms with Crippen molar-refractivity contribution in [1.82, 2.24) is 20.4 Å². The highest BCUT2D eigenvalue weighted by atomic mass is 16.4. The number of hydrogen-bond acceptors (Lipinski definition) is 6. The predicted octanol–water partition coefficient (Wildman–Crippen LogP) is 2.44. The fourth-order valence-corrected chi connectivity index (χ4v) is 4.02. The Hall–Kier alpha value is -1.22. The first-order valence-electron chi connectivity index (χ1n) is 11.3. The summed E-state index contributed by atoms with van der Waals surface area (Å²) in [6, 6.07) is 1.43. The summed E-state index contributed by atoms with van der Waals surface area (Å²) in [4.78, 5) is 27.8. The number of carboxylic acids is 2. The van der Waals surface area contributed by atoms with E-state index < -0.39 is 17.6 Å². The van der Waals surface area contributed by atoms with E-state index in [1.54, 1.807) is 0 Å². The van der Waals surface area contributed by atoms with Gasteiger partial charge in [0, 0.05) is 56.8 Å². The molecule has 0 saturated carbocycles. The third kappa shape index (κ3) is 10.2. The molecule has 0 aliphatic heterocycles. The van der Waals surface area contributed by atoms with Crippen LogP contribution >= 0.6 is 0 Å². The molecule has 0 spiro atoms. The molecule has 8 nitrogen and oxygen atoms in total. The van der Waals surface area contributed by atoms with Crippen LogP contribution in [0.5, 0.6) is 0 Å². The lowest BCUT2D eigenvalue weighted by molar-refractivity contribution is -0.148. The van der Waals surface area contributed by atoms with Gasteiger partial charge in [0.1, 0.15) is 0 Å². The third-order valence-corrected chi connectivity index (χ3v) is 5.55. The van der Waals surface area contributed by atoms with Crippen LogP contribution in [0.3, 0.4) is 0 Å². The lowest BCUT2D eigenvalue weighted by Crippen LogP contribution is -2.64. The molecule has 0 fully saturated rings. The zero-order valence-electron chi connectivity index (χ0n) is 20.4. The molecule has 0 aromatic heterocycles. The Labute approximate surface area is 183 Å². The van der Waals surface area contributed by atoms with Crippen molar-refractivity contribution < 1.29 is 19.8 Å². The van der Waals surface area contributed by atoms with E-state index in [1.165, 1.54) is 0 Å². The second kappa shape index (κ2) is 14.0. The van der Waals surface area contributed by atoms with Crippen LogP contribution in [0.25, 0.3) is 0 Å². The monoisotopic (exact) mass is 430 g/mol. The summed E-state index contributed by atoms with van der Waals surface area (Å²) in [5.41, 5.74) is -1.34. The summed E-state index contributed by atoms with van der Waals surface area (Å²) in [7, 11) is 0. The Morgan fingerprint density at radius 3 is 1.40 bits per heavy atom.